The summed E-state index contributed by atoms with van der Waals surface area (Å²) in [6.07, 6.45) is 1.04. The second kappa shape index (κ2) is 5.49. The van der Waals surface area contributed by atoms with Gasteiger partial charge in [0.1, 0.15) is 0 Å². The molecule has 0 bridgehead atoms. The fraction of sp³-hybridized carbons (Fsp3) is 0.636. The van der Waals surface area contributed by atoms with E-state index < -0.39 is 0 Å². The zero-order valence-electron chi connectivity index (χ0n) is 9.26. The van der Waals surface area contributed by atoms with Crippen molar-refractivity contribution < 1.29 is 0 Å². The van der Waals surface area contributed by atoms with Crippen LogP contribution < -0.4 is 11.1 Å². The molecule has 0 fully saturated rings. The molecule has 0 saturated heterocycles. The van der Waals surface area contributed by atoms with Gasteiger partial charge in [0.05, 0.1) is 0 Å². The maximum atomic E-state index is 5.49. The lowest BCUT2D eigenvalue weighted by molar-refractivity contribution is 0.522. The van der Waals surface area contributed by atoms with Crippen molar-refractivity contribution in [2.24, 2.45) is 5.73 Å². The monoisotopic (exact) mass is 212 g/mol. The van der Waals surface area contributed by atoms with Gasteiger partial charge in [-0.3, -0.25) is 0 Å². The molecule has 0 spiro atoms. The molecule has 1 aromatic heterocycles. The van der Waals surface area contributed by atoms with E-state index in [-0.39, 0.29) is 0 Å². The topological polar surface area (TPSA) is 38.0 Å². The molecule has 1 unspecified atom stereocenters. The molecule has 1 aromatic rings. The Bertz CT molecular complexity index is 261. The van der Waals surface area contributed by atoms with Gasteiger partial charge in [0, 0.05) is 22.3 Å². The summed E-state index contributed by atoms with van der Waals surface area (Å²) in [7, 11) is 0. The SMILES string of the molecule is Cc1cc(CNC(C)CCN)sc1C. The molecule has 0 aliphatic heterocycles. The zero-order chi connectivity index (χ0) is 10.6. The lowest BCUT2D eigenvalue weighted by Gasteiger charge is -2.10. The van der Waals surface area contributed by atoms with Crippen molar-refractivity contribution in [3.8, 4) is 0 Å². The fourth-order valence-electron chi connectivity index (χ4n) is 1.36. The Morgan fingerprint density at radius 2 is 2.21 bits per heavy atom. The number of rotatable bonds is 5. The van der Waals surface area contributed by atoms with E-state index >= 15 is 0 Å². The normalized spacial score (nSPS) is 13.1. The van der Waals surface area contributed by atoms with E-state index in [0.717, 1.165) is 19.5 Å². The Balaban J connectivity index is 2.38. The summed E-state index contributed by atoms with van der Waals surface area (Å²) >= 11 is 1.88. The number of thiophene rings is 1. The maximum Gasteiger partial charge on any atom is 0.0302 e. The van der Waals surface area contributed by atoms with Crippen LogP contribution in [0.25, 0.3) is 0 Å². The highest BCUT2D eigenvalue weighted by atomic mass is 32.1. The van der Waals surface area contributed by atoms with Crippen molar-refractivity contribution in [2.75, 3.05) is 6.54 Å². The Morgan fingerprint density at radius 3 is 2.71 bits per heavy atom. The largest absolute Gasteiger partial charge is 0.330 e. The molecule has 0 aromatic carbocycles. The zero-order valence-corrected chi connectivity index (χ0v) is 10.1. The van der Waals surface area contributed by atoms with Gasteiger partial charge in [0.15, 0.2) is 0 Å². The smallest absolute Gasteiger partial charge is 0.0302 e. The predicted molar refractivity (Wildman–Crippen MR) is 63.8 cm³/mol. The first-order valence-electron chi connectivity index (χ1n) is 5.13. The molecule has 1 atom stereocenters. The van der Waals surface area contributed by atoms with Crippen LogP contribution in [0, 0.1) is 13.8 Å². The summed E-state index contributed by atoms with van der Waals surface area (Å²) < 4.78 is 0. The molecule has 0 aliphatic carbocycles. The average molecular weight is 212 g/mol. The van der Waals surface area contributed by atoms with E-state index in [1.807, 2.05) is 11.3 Å². The second-order valence-corrected chi connectivity index (χ2v) is 5.15. The Kier molecular flexibility index (Phi) is 4.58. The van der Waals surface area contributed by atoms with Gasteiger partial charge < -0.3 is 11.1 Å². The highest BCUT2D eigenvalue weighted by Gasteiger charge is 2.03. The highest BCUT2D eigenvalue weighted by Crippen LogP contribution is 2.20. The van der Waals surface area contributed by atoms with Gasteiger partial charge in [0.2, 0.25) is 0 Å². The lowest BCUT2D eigenvalue weighted by Crippen LogP contribution is -2.27. The molecule has 80 valence electrons. The Morgan fingerprint density at radius 1 is 1.50 bits per heavy atom. The molecule has 3 N–H and O–H groups in total. The highest BCUT2D eigenvalue weighted by molar-refractivity contribution is 7.12. The van der Waals surface area contributed by atoms with Gasteiger partial charge in [-0.25, -0.2) is 0 Å². The molecule has 14 heavy (non-hydrogen) atoms. The second-order valence-electron chi connectivity index (χ2n) is 3.81. The first-order chi connectivity index (χ1) is 6.63. The van der Waals surface area contributed by atoms with Crippen LogP contribution in [0.3, 0.4) is 0 Å². The van der Waals surface area contributed by atoms with Crippen LogP contribution in [0.1, 0.15) is 28.7 Å². The summed E-state index contributed by atoms with van der Waals surface area (Å²) in [6, 6.07) is 2.78. The van der Waals surface area contributed by atoms with Crippen LogP contribution in [0.5, 0.6) is 0 Å². The number of nitrogens with one attached hydrogen (secondary N) is 1. The summed E-state index contributed by atoms with van der Waals surface area (Å²) in [5.74, 6) is 0. The Hall–Kier alpha value is -0.380. The van der Waals surface area contributed by atoms with E-state index in [2.05, 4.69) is 32.2 Å². The van der Waals surface area contributed by atoms with E-state index in [4.69, 9.17) is 5.73 Å². The summed E-state index contributed by atoms with van der Waals surface area (Å²) in [6.45, 7) is 8.25. The van der Waals surface area contributed by atoms with E-state index in [0.29, 0.717) is 6.04 Å². The quantitative estimate of drug-likeness (QED) is 0.785. The molecule has 0 radical (unpaired) electrons. The van der Waals surface area contributed by atoms with Crippen LogP contribution in [0.15, 0.2) is 6.07 Å². The van der Waals surface area contributed by atoms with Crippen LogP contribution in [-0.4, -0.2) is 12.6 Å². The van der Waals surface area contributed by atoms with Gasteiger partial charge in [-0.05, 0) is 45.4 Å². The molecule has 2 nitrogen and oxygen atoms in total. The van der Waals surface area contributed by atoms with E-state index in [9.17, 15) is 0 Å². The lowest BCUT2D eigenvalue weighted by atomic mass is 10.2. The maximum absolute atomic E-state index is 5.49. The minimum atomic E-state index is 0.516. The van der Waals surface area contributed by atoms with Crippen molar-refractivity contribution in [2.45, 2.75) is 39.8 Å². The molecular weight excluding hydrogens is 192 g/mol. The van der Waals surface area contributed by atoms with Gasteiger partial charge in [-0.1, -0.05) is 0 Å². The first kappa shape index (κ1) is 11.7. The van der Waals surface area contributed by atoms with Gasteiger partial charge >= 0.3 is 0 Å². The molecule has 0 amide bonds. The average Bonchev–Trinajstić information content (AvgIpc) is 2.44. The fourth-order valence-corrected chi connectivity index (χ4v) is 2.37. The summed E-state index contributed by atoms with van der Waals surface area (Å²) in [4.78, 5) is 2.84. The van der Waals surface area contributed by atoms with Crippen molar-refractivity contribution in [3.05, 3.63) is 21.4 Å². The predicted octanol–water partition coefficient (Wildman–Crippen LogP) is 2.19. The van der Waals surface area contributed by atoms with E-state index in [1.54, 1.807) is 0 Å². The summed E-state index contributed by atoms with van der Waals surface area (Å²) in [5.41, 5.74) is 6.89. The van der Waals surface area contributed by atoms with Gasteiger partial charge in [-0.2, -0.15) is 0 Å². The van der Waals surface area contributed by atoms with Crippen molar-refractivity contribution in [1.29, 1.82) is 0 Å². The molecule has 1 rings (SSSR count). The van der Waals surface area contributed by atoms with Crippen molar-refractivity contribution in [1.82, 2.24) is 5.32 Å². The van der Waals surface area contributed by atoms with Crippen molar-refractivity contribution in [3.63, 3.8) is 0 Å². The van der Waals surface area contributed by atoms with Crippen LogP contribution in [-0.2, 0) is 6.54 Å². The van der Waals surface area contributed by atoms with Gasteiger partial charge in [0.25, 0.3) is 0 Å². The number of hydrogen-bond donors (Lipinski definition) is 2. The molecule has 0 aliphatic rings. The summed E-state index contributed by atoms with van der Waals surface area (Å²) in [5, 5.41) is 3.47. The standard InChI is InChI=1S/C11H20N2S/c1-8-6-11(14-10(8)3)7-13-9(2)4-5-12/h6,9,13H,4-5,7,12H2,1-3H3. The molecule has 3 heteroatoms. The minimum absolute atomic E-state index is 0.516. The third-order valence-corrected chi connectivity index (χ3v) is 3.59. The van der Waals surface area contributed by atoms with E-state index in [1.165, 1.54) is 15.3 Å². The van der Waals surface area contributed by atoms with Crippen molar-refractivity contribution >= 4 is 11.3 Å². The van der Waals surface area contributed by atoms with Crippen LogP contribution in [0.2, 0.25) is 0 Å². The molecule has 0 saturated carbocycles. The van der Waals surface area contributed by atoms with Crippen LogP contribution in [0.4, 0.5) is 0 Å². The molecule has 1 heterocycles. The minimum Gasteiger partial charge on any atom is -0.330 e. The first-order valence-corrected chi connectivity index (χ1v) is 5.94. The van der Waals surface area contributed by atoms with Crippen LogP contribution >= 0.6 is 11.3 Å². The molecular formula is C11H20N2S. The number of nitrogens with two attached hydrogens (primary N) is 1. The number of aryl methyl sites for hydroxylation is 2. The number of hydrogen-bond acceptors (Lipinski definition) is 3. The third kappa shape index (κ3) is 3.40. The van der Waals surface area contributed by atoms with Gasteiger partial charge in [-0.15, -0.1) is 11.3 Å². The third-order valence-electron chi connectivity index (χ3n) is 2.44. The Labute approximate surface area is 90.5 Å².